The Kier molecular flexibility index (Phi) is 4.11. The number of fused-ring (bicyclic) bond motifs is 1. The highest BCUT2D eigenvalue weighted by atomic mass is 15.0. The van der Waals surface area contributed by atoms with E-state index in [-0.39, 0.29) is 0 Å². The van der Waals surface area contributed by atoms with E-state index < -0.39 is 0 Å². The van der Waals surface area contributed by atoms with E-state index in [1.807, 2.05) is 54.7 Å². The lowest BCUT2D eigenvalue weighted by molar-refractivity contribution is 0.836. The lowest BCUT2D eigenvalue weighted by Crippen LogP contribution is -2.13. The van der Waals surface area contributed by atoms with Crippen molar-refractivity contribution >= 4 is 28.2 Å². The molecule has 0 atom stereocenters. The minimum absolute atomic E-state index is 0.449. The molecule has 2 heterocycles. The molecular formula is C21H19N5. The van der Waals surface area contributed by atoms with Crippen molar-refractivity contribution in [3.8, 4) is 0 Å². The topological polar surface area (TPSA) is 82.2 Å². The third kappa shape index (κ3) is 3.15. The molecule has 26 heavy (non-hydrogen) atoms. The maximum Gasteiger partial charge on any atom is 0.131 e. The number of aromatic nitrogens is 2. The van der Waals surface area contributed by atoms with Gasteiger partial charge in [-0.2, -0.15) is 0 Å². The average molecular weight is 341 g/mol. The van der Waals surface area contributed by atoms with Crippen LogP contribution in [0.5, 0.6) is 0 Å². The van der Waals surface area contributed by atoms with E-state index in [0.717, 1.165) is 23.1 Å². The predicted molar refractivity (Wildman–Crippen MR) is 107 cm³/mol. The highest BCUT2D eigenvalue weighted by Gasteiger charge is 2.04. The van der Waals surface area contributed by atoms with Crippen molar-refractivity contribution in [3.05, 3.63) is 90.3 Å². The Morgan fingerprint density at radius 3 is 2.58 bits per heavy atom. The van der Waals surface area contributed by atoms with Crippen molar-refractivity contribution in [2.45, 2.75) is 6.54 Å². The first-order valence-corrected chi connectivity index (χ1v) is 8.38. The van der Waals surface area contributed by atoms with E-state index in [4.69, 9.17) is 11.5 Å². The van der Waals surface area contributed by atoms with Crippen molar-refractivity contribution in [3.63, 3.8) is 0 Å². The molecular weight excluding hydrogens is 322 g/mol. The van der Waals surface area contributed by atoms with Crippen LogP contribution in [-0.2, 0) is 6.54 Å². The molecule has 0 aliphatic rings. The Bertz CT molecular complexity index is 1080. The van der Waals surface area contributed by atoms with Gasteiger partial charge in [-0.25, -0.2) is 4.99 Å². The van der Waals surface area contributed by atoms with E-state index in [9.17, 15) is 0 Å². The van der Waals surface area contributed by atoms with Crippen LogP contribution in [0.2, 0.25) is 0 Å². The van der Waals surface area contributed by atoms with Gasteiger partial charge in [0, 0.05) is 24.5 Å². The maximum absolute atomic E-state index is 6.14. The lowest BCUT2D eigenvalue weighted by atomic mass is 10.1. The third-order valence-corrected chi connectivity index (χ3v) is 4.32. The Balaban J connectivity index is 1.56. The summed E-state index contributed by atoms with van der Waals surface area (Å²) in [6.45, 7) is 0.776. The molecule has 0 aliphatic heterocycles. The zero-order chi connectivity index (χ0) is 17.9. The largest absolute Gasteiger partial charge is 0.397 e. The van der Waals surface area contributed by atoms with E-state index in [2.05, 4.69) is 38.9 Å². The van der Waals surface area contributed by atoms with Gasteiger partial charge in [-0.1, -0.05) is 36.4 Å². The fourth-order valence-electron chi connectivity index (χ4n) is 2.92. The number of nitrogens with two attached hydrogens (primary N) is 2. The smallest absolute Gasteiger partial charge is 0.131 e. The Hall–Kier alpha value is -3.60. The molecule has 0 saturated heterocycles. The molecule has 0 unspecified atom stereocenters. The Morgan fingerprint density at radius 1 is 0.962 bits per heavy atom. The monoisotopic (exact) mass is 341 g/mol. The molecule has 5 heteroatoms. The van der Waals surface area contributed by atoms with Crippen molar-refractivity contribution < 1.29 is 0 Å². The number of para-hydroxylation sites is 2. The summed E-state index contributed by atoms with van der Waals surface area (Å²) in [6.07, 6.45) is 3.86. The first kappa shape index (κ1) is 15.9. The first-order valence-electron chi connectivity index (χ1n) is 8.38. The molecule has 0 amide bonds. The average Bonchev–Trinajstić information content (AvgIpc) is 3.07. The second kappa shape index (κ2) is 6.72. The normalized spacial score (nSPS) is 11.8. The summed E-state index contributed by atoms with van der Waals surface area (Å²) in [6, 6.07) is 21.6. The molecule has 0 fully saturated rings. The molecule has 0 saturated carbocycles. The van der Waals surface area contributed by atoms with E-state index in [1.165, 1.54) is 5.56 Å². The summed E-state index contributed by atoms with van der Waals surface area (Å²) in [5.74, 6) is 0.449. The quantitative estimate of drug-likeness (QED) is 0.337. The molecule has 0 radical (unpaired) electrons. The highest BCUT2D eigenvalue weighted by Crippen LogP contribution is 2.21. The van der Waals surface area contributed by atoms with E-state index >= 15 is 0 Å². The molecule has 4 aromatic rings. The molecule has 0 spiro atoms. The van der Waals surface area contributed by atoms with E-state index in [1.54, 1.807) is 0 Å². The van der Waals surface area contributed by atoms with Crippen LogP contribution in [-0.4, -0.2) is 15.4 Å². The summed E-state index contributed by atoms with van der Waals surface area (Å²) in [5, 5.41) is 0. The van der Waals surface area contributed by atoms with Gasteiger partial charge < -0.3 is 16.0 Å². The van der Waals surface area contributed by atoms with Gasteiger partial charge in [0.05, 0.1) is 22.4 Å². The second-order valence-corrected chi connectivity index (χ2v) is 6.10. The van der Waals surface area contributed by atoms with Crippen LogP contribution in [0.4, 0.5) is 11.4 Å². The molecule has 2 aromatic heterocycles. The number of nitrogen functional groups attached to an aromatic ring is 1. The summed E-state index contributed by atoms with van der Waals surface area (Å²) in [4.78, 5) is 8.80. The minimum atomic E-state index is 0.449. The van der Waals surface area contributed by atoms with Crippen molar-refractivity contribution in [1.82, 2.24) is 9.55 Å². The molecule has 2 aromatic carbocycles. The molecule has 4 rings (SSSR count). The Morgan fingerprint density at radius 2 is 1.77 bits per heavy atom. The van der Waals surface area contributed by atoms with Gasteiger partial charge in [0.25, 0.3) is 0 Å². The van der Waals surface area contributed by atoms with Gasteiger partial charge >= 0.3 is 0 Å². The predicted octanol–water partition coefficient (Wildman–Crippen LogP) is 3.70. The first-order chi connectivity index (χ1) is 12.7. The fourth-order valence-corrected chi connectivity index (χ4v) is 2.92. The highest BCUT2D eigenvalue weighted by molar-refractivity contribution is 5.99. The van der Waals surface area contributed by atoms with Crippen LogP contribution < -0.4 is 11.5 Å². The van der Waals surface area contributed by atoms with Crippen molar-refractivity contribution in [2.24, 2.45) is 10.7 Å². The van der Waals surface area contributed by atoms with Crippen molar-refractivity contribution in [1.29, 1.82) is 0 Å². The Labute approximate surface area is 151 Å². The maximum atomic E-state index is 6.14. The second-order valence-electron chi connectivity index (χ2n) is 6.10. The van der Waals surface area contributed by atoms with Gasteiger partial charge in [-0.05, 0) is 35.9 Å². The van der Waals surface area contributed by atoms with Crippen LogP contribution in [0, 0.1) is 0 Å². The molecule has 128 valence electrons. The fraction of sp³-hybridized carbons (Fsp3) is 0.0476. The summed E-state index contributed by atoms with van der Waals surface area (Å²) in [7, 11) is 0. The van der Waals surface area contributed by atoms with Gasteiger partial charge in [0.1, 0.15) is 5.84 Å². The number of hydrogen-bond acceptors (Lipinski definition) is 3. The number of nitrogens with zero attached hydrogens (tertiary/aromatic N) is 3. The lowest BCUT2D eigenvalue weighted by Gasteiger charge is -2.07. The molecule has 0 bridgehead atoms. The number of anilines is 1. The van der Waals surface area contributed by atoms with E-state index in [0.29, 0.717) is 17.2 Å². The number of benzene rings is 2. The SMILES string of the molecule is NC(=Nc1ccccc1N)c1ccc(Cn2ccc3ncccc32)cc1. The molecule has 4 N–H and O–H groups in total. The minimum Gasteiger partial charge on any atom is -0.397 e. The van der Waals surface area contributed by atoms with Gasteiger partial charge in [-0.15, -0.1) is 0 Å². The number of rotatable bonds is 4. The standard InChI is InChI=1S/C21H19N5/c22-17-4-1-2-5-18(17)25-21(23)16-9-7-15(8-10-16)14-26-13-11-19-20(26)6-3-12-24-19/h1-13H,14,22H2,(H2,23,25). The van der Waals surface area contributed by atoms with Gasteiger partial charge in [-0.3, -0.25) is 4.98 Å². The van der Waals surface area contributed by atoms with Gasteiger partial charge in [0.15, 0.2) is 0 Å². The van der Waals surface area contributed by atoms with Crippen LogP contribution in [0.25, 0.3) is 11.0 Å². The summed E-state index contributed by atoms with van der Waals surface area (Å²) >= 11 is 0. The van der Waals surface area contributed by atoms with Crippen molar-refractivity contribution in [2.75, 3.05) is 5.73 Å². The molecule has 5 nitrogen and oxygen atoms in total. The molecule has 0 aliphatic carbocycles. The van der Waals surface area contributed by atoms with Crippen LogP contribution in [0.3, 0.4) is 0 Å². The van der Waals surface area contributed by atoms with Gasteiger partial charge in [0.2, 0.25) is 0 Å². The summed E-state index contributed by atoms with van der Waals surface area (Å²) < 4.78 is 2.18. The zero-order valence-corrected chi connectivity index (χ0v) is 14.2. The van der Waals surface area contributed by atoms with Crippen LogP contribution >= 0.6 is 0 Å². The number of amidine groups is 1. The zero-order valence-electron chi connectivity index (χ0n) is 14.2. The number of hydrogen-bond donors (Lipinski definition) is 2. The number of aliphatic imine (C=N–C) groups is 1. The third-order valence-electron chi connectivity index (χ3n) is 4.32. The number of pyridine rings is 1. The van der Waals surface area contributed by atoms with Crippen LogP contribution in [0.1, 0.15) is 11.1 Å². The van der Waals surface area contributed by atoms with Crippen LogP contribution in [0.15, 0.2) is 84.1 Å². The summed E-state index contributed by atoms with van der Waals surface area (Å²) in [5.41, 5.74) is 17.5.